The van der Waals surface area contributed by atoms with Crippen LogP contribution in [-0.4, -0.2) is 16.7 Å². The molecule has 0 unspecified atom stereocenters. The first-order chi connectivity index (χ1) is 10.3. The van der Waals surface area contributed by atoms with Gasteiger partial charge in [-0.25, -0.2) is 4.98 Å². The average molecular weight is 317 g/mol. The van der Waals surface area contributed by atoms with E-state index in [-0.39, 0.29) is 17.1 Å². The molecule has 0 spiro atoms. The molecule has 0 atom stereocenters. The molecule has 1 aliphatic rings. The molecule has 0 saturated heterocycles. The van der Waals surface area contributed by atoms with Gasteiger partial charge >= 0.3 is 0 Å². The van der Waals surface area contributed by atoms with E-state index in [4.69, 9.17) is 0 Å². The lowest BCUT2D eigenvalue weighted by atomic mass is 9.78. The maximum absolute atomic E-state index is 12.1. The highest BCUT2D eigenvalue weighted by molar-refractivity contribution is 7.17. The summed E-state index contributed by atoms with van der Waals surface area (Å²) in [5.74, 6) is -0.269. The molecule has 7 heteroatoms. The van der Waals surface area contributed by atoms with Gasteiger partial charge in [-0.1, -0.05) is 25.2 Å². The number of nitrogens with zero attached hydrogens (tertiary/aromatic N) is 2. The van der Waals surface area contributed by atoms with Crippen molar-refractivity contribution in [3.63, 3.8) is 0 Å². The van der Waals surface area contributed by atoms with Gasteiger partial charge < -0.3 is 5.21 Å². The maximum atomic E-state index is 12.1. The van der Waals surface area contributed by atoms with E-state index >= 15 is 0 Å². The number of hydrogen-bond acceptors (Lipinski definition) is 5. The SMILES string of the molecule is CC1(C)CC(=O)c2sc(NC(=O)c3cc[n+]([O-])cc3)nc2C1. The molecule has 0 bridgehead atoms. The molecule has 22 heavy (non-hydrogen) atoms. The summed E-state index contributed by atoms with van der Waals surface area (Å²) in [6.45, 7) is 4.07. The van der Waals surface area contributed by atoms with E-state index in [0.29, 0.717) is 26.7 Å². The number of aromatic nitrogens is 2. The molecule has 3 rings (SSSR count). The van der Waals surface area contributed by atoms with Gasteiger partial charge in [0.1, 0.15) is 0 Å². The molecule has 2 aromatic rings. The summed E-state index contributed by atoms with van der Waals surface area (Å²) in [5, 5.41) is 14.1. The third-order valence-electron chi connectivity index (χ3n) is 3.52. The van der Waals surface area contributed by atoms with Crippen LogP contribution in [0, 0.1) is 10.6 Å². The summed E-state index contributed by atoms with van der Waals surface area (Å²) in [7, 11) is 0. The van der Waals surface area contributed by atoms with E-state index in [1.807, 2.05) is 13.8 Å². The van der Waals surface area contributed by atoms with Crippen LogP contribution in [0.4, 0.5) is 5.13 Å². The monoisotopic (exact) mass is 317 g/mol. The molecule has 2 heterocycles. The lowest BCUT2D eigenvalue weighted by Crippen LogP contribution is -2.26. The number of hydrogen-bond donors (Lipinski definition) is 1. The predicted molar refractivity (Wildman–Crippen MR) is 81.9 cm³/mol. The van der Waals surface area contributed by atoms with Gasteiger partial charge in [-0.3, -0.25) is 14.9 Å². The molecule has 0 aromatic carbocycles. The number of anilines is 1. The first kappa shape index (κ1) is 14.6. The van der Waals surface area contributed by atoms with E-state index < -0.39 is 0 Å². The number of nitrogens with one attached hydrogen (secondary N) is 1. The summed E-state index contributed by atoms with van der Waals surface area (Å²) in [5.41, 5.74) is 1.03. The molecule has 0 fully saturated rings. The average Bonchev–Trinajstić information content (AvgIpc) is 2.80. The third kappa shape index (κ3) is 2.85. The van der Waals surface area contributed by atoms with Gasteiger partial charge in [-0.15, -0.1) is 0 Å². The number of fused-ring (bicyclic) bond motifs is 1. The number of carbonyl (C=O) groups excluding carboxylic acids is 2. The minimum Gasteiger partial charge on any atom is -0.619 e. The largest absolute Gasteiger partial charge is 0.619 e. The Hall–Kier alpha value is -2.28. The second-order valence-corrected chi connectivity index (χ2v) is 7.14. The molecule has 2 aromatic heterocycles. The number of Topliss-reactive ketones (excluding diaryl/α,β-unsaturated/α-hetero) is 1. The Morgan fingerprint density at radius 1 is 1.36 bits per heavy atom. The Labute approximate surface area is 131 Å². The van der Waals surface area contributed by atoms with Crippen LogP contribution in [0.2, 0.25) is 0 Å². The van der Waals surface area contributed by atoms with Crippen LogP contribution < -0.4 is 10.0 Å². The number of pyridine rings is 1. The van der Waals surface area contributed by atoms with Crippen molar-refractivity contribution in [2.45, 2.75) is 26.7 Å². The van der Waals surface area contributed by atoms with Gasteiger partial charge in [0.2, 0.25) is 0 Å². The molecular formula is C15H15N3O3S. The van der Waals surface area contributed by atoms with Crippen molar-refractivity contribution in [2.75, 3.05) is 5.32 Å². The second-order valence-electron chi connectivity index (χ2n) is 6.14. The summed E-state index contributed by atoms with van der Waals surface area (Å²) in [6, 6.07) is 2.87. The van der Waals surface area contributed by atoms with Crippen molar-refractivity contribution in [3.05, 3.63) is 45.9 Å². The molecule has 1 amide bonds. The van der Waals surface area contributed by atoms with E-state index in [9.17, 15) is 14.8 Å². The fourth-order valence-electron chi connectivity index (χ4n) is 2.51. The summed E-state index contributed by atoms with van der Waals surface area (Å²) in [6.07, 6.45) is 3.74. The molecule has 0 radical (unpaired) electrons. The number of amides is 1. The zero-order valence-electron chi connectivity index (χ0n) is 12.3. The van der Waals surface area contributed by atoms with Crippen LogP contribution >= 0.6 is 11.3 Å². The smallest absolute Gasteiger partial charge is 0.257 e. The van der Waals surface area contributed by atoms with Crippen LogP contribution in [0.15, 0.2) is 24.5 Å². The molecule has 1 aliphatic carbocycles. The van der Waals surface area contributed by atoms with Gasteiger partial charge in [-0.05, 0) is 11.8 Å². The fraction of sp³-hybridized carbons (Fsp3) is 0.333. The van der Waals surface area contributed by atoms with Crippen molar-refractivity contribution in [1.82, 2.24) is 4.98 Å². The van der Waals surface area contributed by atoms with Gasteiger partial charge in [0, 0.05) is 18.6 Å². The van der Waals surface area contributed by atoms with Gasteiger partial charge in [0.15, 0.2) is 23.3 Å². The van der Waals surface area contributed by atoms with Crippen LogP contribution in [0.5, 0.6) is 0 Å². The number of thiazole rings is 1. The van der Waals surface area contributed by atoms with E-state index in [2.05, 4.69) is 10.3 Å². The zero-order valence-corrected chi connectivity index (χ0v) is 13.1. The van der Waals surface area contributed by atoms with Gasteiger partial charge in [-0.2, -0.15) is 4.73 Å². The highest BCUT2D eigenvalue weighted by Crippen LogP contribution is 2.38. The van der Waals surface area contributed by atoms with E-state index in [1.54, 1.807) is 0 Å². The first-order valence-electron chi connectivity index (χ1n) is 6.87. The lowest BCUT2D eigenvalue weighted by Gasteiger charge is -2.26. The summed E-state index contributed by atoms with van der Waals surface area (Å²) >= 11 is 1.21. The van der Waals surface area contributed by atoms with Gasteiger partial charge in [0.05, 0.1) is 16.1 Å². The maximum Gasteiger partial charge on any atom is 0.257 e. The standard InChI is InChI=1S/C15H15N3O3S/c1-15(2)7-10-12(11(19)8-15)22-14(16-10)17-13(20)9-3-5-18(21)6-4-9/h3-6H,7-8H2,1-2H3,(H,16,17,20). The van der Waals surface area contributed by atoms with E-state index in [0.717, 1.165) is 12.1 Å². The number of carbonyl (C=O) groups is 2. The van der Waals surface area contributed by atoms with Crippen molar-refractivity contribution in [3.8, 4) is 0 Å². The van der Waals surface area contributed by atoms with Crippen molar-refractivity contribution < 1.29 is 14.3 Å². The Morgan fingerprint density at radius 3 is 2.73 bits per heavy atom. The topological polar surface area (TPSA) is 86.0 Å². The highest BCUT2D eigenvalue weighted by atomic mass is 32.1. The lowest BCUT2D eigenvalue weighted by molar-refractivity contribution is -0.605. The quantitative estimate of drug-likeness (QED) is 0.679. The predicted octanol–water partition coefficient (Wildman–Crippen LogP) is 2.18. The second kappa shape index (κ2) is 5.17. The van der Waals surface area contributed by atoms with Crippen LogP contribution in [0.1, 0.15) is 46.0 Å². The molecule has 0 aliphatic heterocycles. The first-order valence-corrected chi connectivity index (χ1v) is 7.69. The normalized spacial score (nSPS) is 16.2. The van der Waals surface area contributed by atoms with Crippen LogP contribution in [-0.2, 0) is 6.42 Å². The Kier molecular flexibility index (Phi) is 3.44. The molecular weight excluding hydrogens is 302 g/mol. The highest BCUT2D eigenvalue weighted by Gasteiger charge is 2.34. The Bertz CT molecular complexity index is 750. The van der Waals surface area contributed by atoms with Crippen LogP contribution in [0.25, 0.3) is 0 Å². The molecule has 114 valence electrons. The minimum absolute atomic E-state index is 0.0800. The zero-order chi connectivity index (χ0) is 15.9. The molecule has 6 nitrogen and oxygen atoms in total. The molecule has 0 saturated carbocycles. The Balaban J connectivity index is 1.81. The Morgan fingerprint density at radius 2 is 2.05 bits per heavy atom. The summed E-state index contributed by atoms with van der Waals surface area (Å²) in [4.78, 5) is 29.3. The van der Waals surface area contributed by atoms with Gasteiger partial charge in [0.25, 0.3) is 5.91 Å². The van der Waals surface area contributed by atoms with Crippen molar-refractivity contribution in [2.24, 2.45) is 5.41 Å². The fourth-order valence-corrected chi connectivity index (χ4v) is 3.42. The molecule has 1 N–H and O–H groups in total. The van der Waals surface area contributed by atoms with Crippen molar-refractivity contribution >= 4 is 28.2 Å². The number of ketones is 1. The van der Waals surface area contributed by atoms with Crippen molar-refractivity contribution in [1.29, 1.82) is 0 Å². The number of rotatable bonds is 2. The van der Waals surface area contributed by atoms with Crippen LogP contribution in [0.3, 0.4) is 0 Å². The van der Waals surface area contributed by atoms with E-state index in [1.165, 1.54) is 35.9 Å². The summed E-state index contributed by atoms with van der Waals surface area (Å²) < 4.78 is 0.611. The third-order valence-corrected chi connectivity index (χ3v) is 4.57. The minimum atomic E-state index is -0.349.